The van der Waals surface area contributed by atoms with Gasteiger partial charge in [0.05, 0.1) is 4.90 Å². The fourth-order valence-electron chi connectivity index (χ4n) is 4.04. The van der Waals surface area contributed by atoms with E-state index in [0.717, 1.165) is 31.2 Å². The number of sulfonamides is 1. The number of carbonyl (C=O) groups excluding carboxylic acids is 2. The molecular formula is C21H24N2O5S2. The van der Waals surface area contributed by atoms with Gasteiger partial charge in [-0.1, -0.05) is 12.8 Å². The van der Waals surface area contributed by atoms with Crippen molar-refractivity contribution in [2.24, 2.45) is 5.14 Å². The molecule has 0 bridgehead atoms. The van der Waals surface area contributed by atoms with Crippen LogP contribution in [0.3, 0.4) is 0 Å². The average Bonchev–Trinajstić information content (AvgIpc) is 3.28. The summed E-state index contributed by atoms with van der Waals surface area (Å²) in [7, 11) is -3.79. The predicted octanol–water partition coefficient (Wildman–Crippen LogP) is 2.80. The summed E-state index contributed by atoms with van der Waals surface area (Å²) in [6.45, 7) is 0.0604. The number of benzene rings is 1. The van der Waals surface area contributed by atoms with E-state index in [1.165, 1.54) is 51.7 Å². The van der Waals surface area contributed by atoms with Gasteiger partial charge >= 0.3 is 5.97 Å². The highest BCUT2D eigenvalue weighted by Gasteiger charge is 2.27. The third-order valence-corrected chi connectivity index (χ3v) is 7.73. The van der Waals surface area contributed by atoms with E-state index in [4.69, 9.17) is 9.88 Å². The number of aryl methyl sites for hydroxylation is 2. The lowest BCUT2D eigenvalue weighted by molar-refractivity contribution is -0.121. The van der Waals surface area contributed by atoms with Crippen LogP contribution >= 0.6 is 11.3 Å². The Morgan fingerprint density at radius 2 is 1.80 bits per heavy atom. The topological polar surface area (TPSA) is 107 Å². The molecule has 2 aliphatic rings. The van der Waals surface area contributed by atoms with Crippen molar-refractivity contribution in [1.82, 2.24) is 0 Å². The second-order valence-corrected chi connectivity index (χ2v) is 10.4. The van der Waals surface area contributed by atoms with Gasteiger partial charge in [0.15, 0.2) is 6.61 Å². The number of esters is 1. The van der Waals surface area contributed by atoms with Crippen LogP contribution in [0.4, 0.5) is 5.69 Å². The molecule has 0 spiro atoms. The first-order valence-electron chi connectivity index (χ1n) is 10.1. The minimum atomic E-state index is -3.79. The Labute approximate surface area is 179 Å². The minimum absolute atomic E-state index is 0.0234. The van der Waals surface area contributed by atoms with Crippen molar-refractivity contribution in [3.63, 3.8) is 0 Å². The molecule has 1 aliphatic carbocycles. The smallest absolute Gasteiger partial charge is 0.348 e. The molecule has 0 saturated carbocycles. The maximum Gasteiger partial charge on any atom is 0.348 e. The molecule has 0 atom stereocenters. The van der Waals surface area contributed by atoms with Gasteiger partial charge in [-0.05, 0) is 67.5 Å². The molecule has 2 aromatic rings. The molecule has 0 radical (unpaired) electrons. The van der Waals surface area contributed by atoms with Crippen LogP contribution in [0.25, 0.3) is 0 Å². The lowest BCUT2D eigenvalue weighted by atomic mass is 10.00. The lowest BCUT2D eigenvalue weighted by Crippen LogP contribution is -2.33. The monoisotopic (exact) mass is 448 g/mol. The Kier molecular flexibility index (Phi) is 5.95. The zero-order valence-electron chi connectivity index (χ0n) is 16.6. The van der Waals surface area contributed by atoms with E-state index in [1.54, 1.807) is 6.07 Å². The fraction of sp³-hybridized carbons (Fsp3) is 0.429. The third-order valence-electron chi connectivity index (χ3n) is 5.60. The minimum Gasteiger partial charge on any atom is -0.451 e. The van der Waals surface area contributed by atoms with Gasteiger partial charge in [0.25, 0.3) is 5.91 Å². The van der Waals surface area contributed by atoms with E-state index in [0.29, 0.717) is 23.5 Å². The molecule has 1 amide bonds. The van der Waals surface area contributed by atoms with Crippen molar-refractivity contribution in [2.45, 2.75) is 49.8 Å². The summed E-state index contributed by atoms with van der Waals surface area (Å²) in [5.74, 6) is -0.801. The number of rotatable bonds is 4. The van der Waals surface area contributed by atoms with Crippen LogP contribution in [0.15, 0.2) is 29.2 Å². The third kappa shape index (κ3) is 4.43. The fourth-order valence-corrected chi connectivity index (χ4v) is 5.75. The summed E-state index contributed by atoms with van der Waals surface area (Å²) in [5, 5.41) is 5.17. The van der Waals surface area contributed by atoms with Crippen molar-refractivity contribution in [1.29, 1.82) is 0 Å². The summed E-state index contributed by atoms with van der Waals surface area (Å²) in [4.78, 5) is 28.5. The number of hydrogen-bond donors (Lipinski definition) is 1. The molecule has 1 aliphatic heterocycles. The SMILES string of the molecule is NS(=O)(=O)c1ccc2c(c1)CCN2C(=O)COC(=O)c1cc2c(s1)CCCCCC2. The van der Waals surface area contributed by atoms with Gasteiger partial charge in [-0.2, -0.15) is 0 Å². The Hall–Kier alpha value is -2.23. The number of fused-ring (bicyclic) bond motifs is 2. The highest BCUT2D eigenvalue weighted by atomic mass is 32.2. The largest absolute Gasteiger partial charge is 0.451 e. The van der Waals surface area contributed by atoms with E-state index < -0.39 is 16.0 Å². The number of amides is 1. The molecule has 7 nitrogen and oxygen atoms in total. The first kappa shape index (κ1) is 21.0. The molecule has 0 saturated heterocycles. The second kappa shape index (κ2) is 8.49. The van der Waals surface area contributed by atoms with Crippen molar-refractivity contribution in [3.8, 4) is 0 Å². The number of carbonyl (C=O) groups is 2. The Bertz CT molecular complexity index is 1070. The number of primary sulfonamides is 1. The molecule has 160 valence electrons. The van der Waals surface area contributed by atoms with Crippen LogP contribution < -0.4 is 10.0 Å². The van der Waals surface area contributed by atoms with Crippen LogP contribution in [0, 0.1) is 0 Å². The van der Waals surface area contributed by atoms with E-state index in [1.807, 2.05) is 6.07 Å². The molecule has 4 rings (SSSR count). The number of nitrogens with zero attached hydrogens (tertiary/aromatic N) is 1. The van der Waals surface area contributed by atoms with Gasteiger partial charge in [-0.3, -0.25) is 4.79 Å². The molecular weight excluding hydrogens is 424 g/mol. The second-order valence-electron chi connectivity index (χ2n) is 7.68. The quantitative estimate of drug-likeness (QED) is 0.724. The first-order chi connectivity index (χ1) is 14.3. The van der Waals surface area contributed by atoms with Gasteiger partial charge in [-0.15, -0.1) is 11.3 Å². The maximum absolute atomic E-state index is 12.6. The van der Waals surface area contributed by atoms with Gasteiger partial charge in [0.2, 0.25) is 10.0 Å². The number of anilines is 1. The van der Waals surface area contributed by atoms with Crippen LogP contribution in [0.5, 0.6) is 0 Å². The van der Waals surface area contributed by atoms with Gasteiger partial charge in [0, 0.05) is 17.1 Å². The number of hydrogen-bond acceptors (Lipinski definition) is 6. The first-order valence-corrected chi connectivity index (χ1v) is 12.4. The van der Waals surface area contributed by atoms with Crippen molar-refractivity contribution in [3.05, 3.63) is 45.1 Å². The molecule has 2 N–H and O–H groups in total. The van der Waals surface area contributed by atoms with Crippen LogP contribution in [-0.2, 0) is 38.8 Å². The summed E-state index contributed by atoms with van der Waals surface area (Å²) in [6, 6.07) is 6.36. The summed E-state index contributed by atoms with van der Waals surface area (Å²) in [5.41, 5.74) is 2.60. The predicted molar refractivity (Wildman–Crippen MR) is 114 cm³/mol. The maximum atomic E-state index is 12.6. The van der Waals surface area contributed by atoms with Crippen LogP contribution in [0.1, 0.15) is 51.4 Å². The number of nitrogens with two attached hydrogens (primary N) is 1. The summed E-state index contributed by atoms with van der Waals surface area (Å²) < 4.78 is 28.3. The summed E-state index contributed by atoms with van der Waals surface area (Å²) >= 11 is 1.47. The van der Waals surface area contributed by atoms with Crippen molar-refractivity contribution < 1.29 is 22.7 Å². The number of thiophene rings is 1. The molecule has 9 heteroatoms. The van der Waals surface area contributed by atoms with E-state index in [-0.39, 0.29) is 17.4 Å². The van der Waals surface area contributed by atoms with E-state index in [2.05, 4.69) is 0 Å². The Balaban J connectivity index is 1.40. The van der Waals surface area contributed by atoms with Crippen molar-refractivity contribution >= 4 is 38.9 Å². The molecule has 0 fully saturated rings. The molecule has 0 unspecified atom stereocenters. The highest BCUT2D eigenvalue weighted by Crippen LogP contribution is 2.31. The standard InChI is InChI=1S/C21H24N2O5S2/c22-30(26,27)16-7-8-17-14(11-16)9-10-23(17)20(24)13-28-21(25)19-12-15-5-3-1-2-4-6-18(15)29-19/h7-8,11-12H,1-6,9-10,13H2,(H2,22,26,27). The van der Waals surface area contributed by atoms with E-state index in [9.17, 15) is 18.0 Å². The average molecular weight is 449 g/mol. The summed E-state index contributed by atoms with van der Waals surface area (Å²) in [6.07, 6.45) is 7.23. The van der Waals surface area contributed by atoms with Crippen molar-refractivity contribution in [2.75, 3.05) is 18.1 Å². The zero-order chi connectivity index (χ0) is 21.3. The molecule has 2 heterocycles. The zero-order valence-corrected chi connectivity index (χ0v) is 18.2. The molecule has 1 aromatic carbocycles. The lowest BCUT2D eigenvalue weighted by Gasteiger charge is -2.17. The van der Waals surface area contributed by atoms with Gasteiger partial charge in [0.1, 0.15) is 4.88 Å². The normalized spacial score (nSPS) is 16.4. The van der Waals surface area contributed by atoms with Gasteiger partial charge < -0.3 is 9.64 Å². The van der Waals surface area contributed by atoms with Crippen LogP contribution in [0.2, 0.25) is 0 Å². The van der Waals surface area contributed by atoms with Gasteiger partial charge in [-0.25, -0.2) is 18.4 Å². The number of ether oxygens (including phenoxy) is 1. The van der Waals surface area contributed by atoms with E-state index >= 15 is 0 Å². The highest BCUT2D eigenvalue weighted by molar-refractivity contribution is 7.89. The Morgan fingerprint density at radius 1 is 1.03 bits per heavy atom. The van der Waals surface area contributed by atoms with Crippen LogP contribution in [-0.4, -0.2) is 33.4 Å². The Morgan fingerprint density at radius 3 is 2.57 bits per heavy atom. The molecule has 30 heavy (non-hydrogen) atoms. The molecule has 1 aromatic heterocycles.